The largest absolute Gasteiger partial charge is 0.496 e. The topological polar surface area (TPSA) is 136 Å². The first-order valence-electron chi connectivity index (χ1n) is 20.7. The average Bonchev–Trinajstić information content (AvgIpc) is 3.48. The summed E-state index contributed by atoms with van der Waals surface area (Å²) in [5.74, 6) is 0.858. The molecule has 4 N–H and O–H groups in total. The maximum absolute atomic E-state index is 14.5. The van der Waals surface area contributed by atoms with Crippen LogP contribution in [0, 0.1) is 34.5 Å². The van der Waals surface area contributed by atoms with Crippen LogP contribution in [0.25, 0.3) is 11.1 Å². The van der Waals surface area contributed by atoms with Gasteiger partial charge in [-0.3, -0.25) is 19.2 Å². The van der Waals surface area contributed by atoms with Gasteiger partial charge in [0.05, 0.1) is 19.8 Å². The molecule has 12 nitrogen and oxygen atoms in total. The number of likely N-dealkylation sites (N-methyl/N-ethyl adjacent to an activating group) is 1. The van der Waals surface area contributed by atoms with Gasteiger partial charge in [0.1, 0.15) is 17.9 Å². The molecule has 2 aromatic rings. The summed E-state index contributed by atoms with van der Waals surface area (Å²) < 4.78 is 6.14. The predicted octanol–water partition coefficient (Wildman–Crippen LogP) is 5.33. The van der Waals surface area contributed by atoms with E-state index >= 15 is 0 Å². The van der Waals surface area contributed by atoms with Crippen LogP contribution >= 0.6 is 0 Å². The normalized spacial score (nSPS) is 26.6. The van der Waals surface area contributed by atoms with Crippen molar-refractivity contribution in [2.45, 2.75) is 112 Å². The van der Waals surface area contributed by atoms with Crippen molar-refractivity contribution in [2.24, 2.45) is 34.5 Å². The summed E-state index contributed by atoms with van der Waals surface area (Å²) in [4.78, 5) is 51.1. The number of para-hydroxylation sites is 1. The highest BCUT2D eigenvalue weighted by atomic mass is 16.7. The number of carbonyl (C=O) groups excluding carboxylic acids is 3. The van der Waals surface area contributed by atoms with Crippen LogP contribution in [-0.4, -0.2) is 112 Å². The van der Waals surface area contributed by atoms with E-state index in [2.05, 4.69) is 62.4 Å². The van der Waals surface area contributed by atoms with Gasteiger partial charge in [-0.2, -0.15) is 5.06 Å². The van der Waals surface area contributed by atoms with E-state index in [9.17, 15) is 19.5 Å². The summed E-state index contributed by atoms with van der Waals surface area (Å²) in [6, 6.07) is 10.9. The first-order valence-corrected chi connectivity index (χ1v) is 20.7. The fourth-order valence-electron chi connectivity index (χ4n) is 9.86. The van der Waals surface area contributed by atoms with Crippen LogP contribution in [0.4, 0.5) is 5.69 Å². The second-order valence-corrected chi connectivity index (χ2v) is 19.3. The first-order chi connectivity index (χ1) is 26.6. The van der Waals surface area contributed by atoms with Crippen LogP contribution in [0.5, 0.6) is 5.75 Å². The van der Waals surface area contributed by atoms with E-state index in [1.807, 2.05) is 69.5 Å². The van der Waals surface area contributed by atoms with Gasteiger partial charge in [-0.25, -0.2) is 0 Å². The van der Waals surface area contributed by atoms with E-state index in [1.54, 1.807) is 19.1 Å². The smallest absolute Gasteiger partial charge is 0.251 e. The van der Waals surface area contributed by atoms with Crippen molar-refractivity contribution in [2.75, 3.05) is 53.3 Å². The summed E-state index contributed by atoms with van der Waals surface area (Å²) in [6.07, 6.45) is 1.41. The number of rotatable bonds is 15. The van der Waals surface area contributed by atoms with Crippen molar-refractivity contribution in [3.63, 3.8) is 0 Å². The molecule has 0 radical (unpaired) electrons. The lowest BCUT2D eigenvalue weighted by Gasteiger charge is -2.62. The zero-order chi connectivity index (χ0) is 42.1. The van der Waals surface area contributed by atoms with Gasteiger partial charge >= 0.3 is 0 Å². The highest BCUT2D eigenvalue weighted by molar-refractivity contribution is 5.97. The highest BCUT2D eigenvalue weighted by Crippen LogP contribution is 2.61. The summed E-state index contributed by atoms with van der Waals surface area (Å²) in [5, 5.41) is 22.4. The number of ether oxygens (including phenoxy) is 1. The second-order valence-electron chi connectivity index (χ2n) is 19.3. The summed E-state index contributed by atoms with van der Waals surface area (Å²) in [5.41, 5.74) is 4.06. The Morgan fingerprint density at radius 3 is 2.35 bits per heavy atom. The van der Waals surface area contributed by atoms with Gasteiger partial charge < -0.3 is 35.6 Å². The van der Waals surface area contributed by atoms with Gasteiger partial charge in [-0.1, -0.05) is 59.7 Å². The monoisotopic (exact) mass is 791 g/mol. The SMILES string of the molecule is COc1c(CN2O[C@@H](CNC(C)=O)[C@@H]([C@H](C)O)[C@H]2C(=O)N[C@H]2C[C@H]3C[C@H]([C@@H]2C)C3(C)C)cccc1-c1cc(C(=O)N[C@H](CN(C)C)CC(C)(C)C)cc(N(C)C)c1. The Balaban J connectivity index is 1.48. The molecule has 6 rings (SSSR count). The van der Waals surface area contributed by atoms with E-state index in [4.69, 9.17) is 9.57 Å². The number of amides is 3. The van der Waals surface area contributed by atoms with Crippen LogP contribution in [0.2, 0.25) is 0 Å². The molecular weight excluding hydrogens is 721 g/mol. The Morgan fingerprint density at radius 2 is 1.79 bits per heavy atom. The fraction of sp³-hybridized carbons (Fsp3) is 0.667. The van der Waals surface area contributed by atoms with E-state index in [0.717, 1.165) is 41.8 Å². The van der Waals surface area contributed by atoms with Crippen molar-refractivity contribution in [1.29, 1.82) is 0 Å². The van der Waals surface area contributed by atoms with Crippen molar-refractivity contribution in [1.82, 2.24) is 25.9 Å². The molecule has 0 aromatic heterocycles. The molecule has 1 saturated heterocycles. The van der Waals surface area contributed by atoms with Gasteiger partial charge in [0.15, 0.2) is 0 Å². The number of aliphatic hydroxyl groups is 1. The van der Waals surface area contributed by atoms with Gasteiger partial charge in [-0.05, 0) is 92.6 Å². The summed E-state index contributed by atoms with van der Waals surface area (Å²) in [6.45, 7) is 17.6. The van der Waals surface area contributed by atoms with Crippen LogP contribution in [0.15, 0.2) is 36.4 Å². The maximum Gasteiger partial charge on any atom is 0.251 e. The van der Waals surface area contributed by atoms with Gasteiger partial charge in [0, 0.05) is 74.5 Å². The molecule has 3 amide bonds. The fourth-order valence-corrected chi connectivity index (χ4v) is 9.86. The number of methoxy groups -OCH3 is 1. The molecule has 4 fully saturated rings. The predicted molar refractivity (Wildman–Crippen MR) is 226 cm³/mol. The van der Waals surface area contributed by atoms with Crippen molar-refractivity contribution >= 4 is 23.4 Å². The van der Waals surface area contributed by atoms with Crippen LogP contribution < -0.4 is 25.6 Å². The lowest BCUT2D eigenvalue weighted by molar-refractivity contribution is -0.177. The lowest BCUT2D eigenvalue weighted by Crippen LogP contribution is -2.62. The molecule has 3 saturated carbocycles. The molecule has 2 aromatic carbocycles. The molecule has 4 aliphatic rings. The van der Waals surface area contributed by atoms with Gasteiger partial charge in [-0.15, -0.1) is 0 Å². The Kier molecular flexibility index (Phi) is 13.7. The molecule has 0 unspecified atom stereocenters. The molecule has 0 spiro atoms. The number of aliphatic hydroxyl groups excluding tert-OH is 1. The average molecular weight is 791 g/mol. The molecule has 3 aliphatic carbocycles. The number of nitrogens with one attached hydrogen (secondary N) is 3. The second kappa shape index (κ2) is 17.6. The van der Waals surface area contributed by atoms with Crippen molar-refractivity contribution < 1.29 is 29.1 Å². The van der Waals surface area contributed by atoms with Crippen molar-refractivity contribution in [3.05, 3.63) is 47.5 Å². The third kappa shape index (κ3) is 10.1. The van der Waals surface area contributed by atoms with Gasteiger partial charge in [0.2, 0.25) is 11.8 Å². The maximum atomic E-state index is 14.5. The number of hydroxylamine groups is 2. The summed E-state index contributed by atoms with van der Waals surface area (Å²) in [7, 11) is 9.55. The molecule has 57 heavy (non-hydrogen) atoms. The minimum atomic E-state index is -0.895. The van der Waals surface area contributed by atoms with Gasteiger partial charge in [0.25, 0.3) is 5.91 Å². The Morgan fingerprint density at radius 1 is 1.09 bits per heavy atom. The molecule has 12 heteroatoms. The summed E-state index contributed by atoms with van der Waals surface area (Å²) >= 11 is 0. The van der Waals surface area contributed by atoms with Crippen LogP contribution in [0.3, 0.4) is 0 Å². The number of anilines is 1. The van der Waals surface area contributed by atoms with Crippen LogP contribution in [0.1, 0.15) is 90.6 Å². The quantitative estimate of drug-likeness (QED) is 0.189. The zero-order valence-electron chi connectivity index (χ0n) is 36.7. The molecular formula is C45H70N6O6. The minimum absolute atomic E-state index is 0.0278. The Labute approximate surface area is 341 Å². The van der Waals surface area contributed by atoms with E-state index in [0.29, 0.717) is 29.1 Å². The van der Waals surface area contributed by atoms with E-state index in [1.165, 1.54) is 13.3 Å². The number of fused-ring (bicyclic) bond motifs is 2. The number of benzene rings is 2. The molecule has 2 bridgehead atoms. The number of nitrogens with zero attached hydrogens (tertiary/aromatic N) is 3. The zero-order valence-corrected chi connectivity index (χ0v) is 36.7. The third-order valence-electron chi connectivity index (χ3n) is 12.8. The molecule has 9 atom stereocenters. The highest BCUT2D eigenvalue weighted by Gasteiger charge is 2.57. The molecule has 1 aliphatic heterocycles. The van der Waals surface area contributed by atoms with E-state index in [-0.39, 0.29) is 53.7 Å². The minimum Gasteiger partial charge on any atom is -0.496 e. The molecule has 316 valence electrons. The van der Waals surface area contributed by atoms with E-state index < -0.39 is 24.2 Å². The molecule has 1 heterocycles. The number of hydrogen-bond acceptors (Lipinski definition) is 9. The number of hydrogen-bond donors (Lipinski definition) is 4. The number of carbonyl (C=O) groups is 3. The van der Waals surface area contributed by atoms with Crippen LogP contribution in [-0.2, 0) is 21.0 Å². The Bertz CT molecular complexity index is 1750. The standard InChI is InChI=1S/C45H70N6O6/c1-26-36-20-32(45(36,7)8)21-37(26)48-43(55)40-39(27(2)52)38(23-46-28(3)53)57-51(40)24-29-15-14-16-35(41(29)56-13)30-17-31(19-34(18-30)50(11)12)42(54)47-33(25-49(9)10)22-44(4,5)6/h14-19,26-27,32-33,36-40,52H,20-25H2,1-13H3,(H,46,53)(H,47,54)(H,48,55)/t26-,27-,32+,33-,36+,37-,38-,39+,40-/m0/s1. The van der Waals surface area contributed by atoms with Crippen molar-refractivity contribution in [3.8, 4) is 16.9 Å². The lowest BCUT2D eigenvalue weighted by atomic mass is 9.45. The first kappa shape index (κ1) is 44.4. The third-order valence-corrected chi connectivity index (χ3v) is 12.8. The Hall–Kier alpha value is -3.71.